The quantitative estimate of drug-likeness (QED) is 0.801. The summed E-state index contributed by atoms with van der Waals surface area (Å²) in [6, 6.07) is 6.45. The number of benzene rings is 1. The molecule has 0 aliphatic heterocycles. The first-order valence-electron chi connectivity index (χ1n) is 5.91. The smallest absolute Gasteiger partial charge is 0.207 e. The molecule has 2 aromatic rings. The summed E-state index contributed by atoms with van der Waals surface area (Å²) in [6.45, 7) is 2.02. The van der Waals surface area contributed by atoms with Crippen LogP contribution in [0, 0.1) is 10.5 Å². The lowest BCUT2D eigenvalue weighted by molar-refractivity contribution is 0.750. The summed E-state index contributed by atoms with van der Waals surface area (Å²) in [5.74, 6) is 0.926. The third-order valence-electron chi connectivity index (χ3n) is 2.97. The maximum absolute atomic E-state index is 5.96. The first-order valence-corrected chi connectivity index (χ1v) is 7.37. The Balaban J connectivity index is 1.91. The number of nitrogens with one attached hydrogen (secondary N) is 1. The van der Waals surface area contributed by atoms with Crippen LogP contribution in [-0.4, -0.2) is 9.55 Å². The number of anilines is 2. The zero-order valence-electron chi connectivity index (χ0n) is 9.95. The average Bonchev–Trinajstić information content (AvgIpc) is 3.08. The fourth-order valence-corrected chi connectivity index (χ4v) is 2.96. The minimum Gasteiger partial charge on any atom is -0.325 e. The lowest BCUT2D eigenvalue weighted by Crippen LogP contribution is -2.02. The summed E-state index contributed by atoms with van der Waals surface area (Å²) in [5, 5.41) is 4.15. The van der Waals surface area contributed by atoms with E-state index in [1.54, 1.807) is 0 Å². The standard InChI is InChI=1S/C13H13ClIN3/c1-8-7-18(10-3-4-10)13(16-8)17-12-5-2-9(14)6-11(12)15/h2,5-7,10H,3-4H2,1H3,(H,16,17). The number of halogens is 2. The van der Waals surface area contributed by atoms with Crippen molar-refractivity contribution < 1.29 is 0 Å². The van der Waals surface area contributed by atoms with Gasteiger partial charge in [0.05, 0.1) is 11.4 Å². The zero-order valence-corrected chi connectivity index (χ0v) is 12.9. The fourth-order valence-electron chi connectivity index (χ4n) is 1.95. The summed E-state index contributed by atoms with van der Waals surface area (Å²) in [4.78, 5) is 4.55. The number of rotatable bonds is 3. The van der Waals surface area contributed by atoms with E-state index in [-0.39, 0.29) is 0 Å². The Bertz CT molecular complexity index is 590. The molecule has 1 heterocycles. The maximum Gasteiger partial charge on any atom is 0.207 e. The normalized spacial score (nSPS) is 14.8. The molecule has 18 heavy (non-hydrogen) atoms. The molecule has 3 nitrogen and oxygen atoms in total. The average molecular weight is 374 g/mol. The summed E-state index contributed by atoms with van der Waals surface area (Å²) in [5.41, 5.74) is 2.10. The van der Waals surface area contributed by atoms with Gasteiger partial charge in [-0.25, -0.2) is 4.98 Å². The van der Waals surface area contributed by atoms with E-state index in [2.05, 4.69) is 43.7 Å². The van der Waals surface area contributed by atoms with Crippen molar-refractivity contribution in [3.05, 3.63) is 38.7 Å². The molecule has 1 fully saturated rings. The second-order valence-corrected chi connectivity index (χ2v) is 6.19. The van der Waals surface area contributed by atoms with Crippen molar-refractivity contribution in [2.45, 2.75) is 25.8 Å². The van der Waals surface area contributed by atoms with E-state index in [0.717, 1.165) is 25.9 Å². The van der Waals surface area contributed by atoms with E-state index in [9.17, 15) is 0 Å². The molecule has 1 aromatic carbocycles. The molecule has 1 saturated carbocycles. The van der Waals surface area contributed by atoms with Crippen molar-refractivity contribution in [3.8, 4) is 0 Å². The Morgan fingerprint density at radius 1 is 1.44 bits per heavy atom. The van der Waals surface area contributed by atoms with Crippen molar-refractivity contribution in [1.29, 1.82) is 0 Å². The Labute approximate surface area is 125 Å². The SMILES string of the molecule is Cc1cn(C2CC2)c(Nc2ccc(Cl)cc2I)n1. The number of aromatic nitrogens is 2. The monoisotopic (exact) mass is 373 g/mol. The number of hydrogen-bond donors (Lipinski definition) is 1. The summed E-state index contributed by atoms with van der Waals surface area (Å²) >= 11 is 8.24. The molecule has 1 aromatic heterocycles. The second-order valence-electron chi connectivity index (χ2n) is 4.59. The number of nitrogens with zero attached hydrogens (tertiary/aromatic N) is 2. The summed E-state index contributed by atoms with van der Waals surface area (Å²) in [6.07, 6.45) is 4.62. The van der Waals surface area contributed by atoms with E-state index in [0.29, 0.717) is 6.04 Å². The van der Waals surface area contributed by atoms with Crippen LogP contribution in [0.2, 0.25) is 5.02 Å². The van der Waals surface area contributed by atoms with Gasteiger partial charge in [-0.3, -0.25) is 0 Å². The molecule has 1 aliphatic carbocycles. The molecule has 0 spiro atoms. The van der Waals surface area contributed by atoms with Gasteiger partial charge in [-0.1, -0.05) is 11.6 Å². The molecule has 1 aliphatic rings. The minimum absolute atomic E-state index is 0.624. The largest absolute Gasteiger partial charge is 0.325 e. The van der Waals surface area contributed by atoms with Crippen molar-refractivity contribution in [2.24, 2.45) is 0 Å². The van der Waals surface area contributed by atoms with Crippen LogP contribution in [0.5, 0.6) is 0 Å². The highest BCUT2D eigenvalue weighted by Gasteiger charge is 2.26. The van der Waals surface area contributed by atoms with E-state index in [1.165, 1.54) is 12.8 Å². The van der Waals surface area contributed by atoms with Gasteiger partial charge in [0.15, 0.2) is 0 Å². The Kier molecular flexibility index (Phi) is 3.23. The number of hydrogen-bond acceptors (Lipinski definition) is 2. The summed E-state index contributed by atoms with van der Waals surface area (Å²) < 4.78 is 3.34. The van der Waals surface area contributed by atoms with Crippen molar-refractivity contribution in [2.75, 3.05) is 5.32 Å². The lowest BCUT2D eigenvalue weighted by Gasteiger charge is -2.10. The van der Waals surface area contributed by atoms with Crippen LogP contribution >= 0.6 is 34.2 Å². The van der Waals surface area contributed by atoms with Crippen LogP contribution < -0.4 is 5.32 Å². The van der Waals surface area contributed by atoms with Gasteiger partial charge in [-0.05, 0) is 60.6 Å². The Morgan fingerprint density at radius 2 is 2.22 bits per heavy atom. The fraction of sp³-hybridized carbons (Fsp3) is 0.308. The maximum atomic E-state index is 5.96. The Hall–Kier alpha value is -0.750. The molecule has 0 atom stereocenters. The Morgan fingerprint density at radius 3 is 2.89 bits per heavy atom. The molecule has 3 rings (SSSR count). The third-order valence-corrected chi connectivity index (χ3v) is 4.10. The van der Waals surface area contributed by atoms with Gasteiger partial charge in [-0.15, -0.1) is 0 Å². The van der Waals surface area contributed by atoms with Gasteiger partial charge in [-0.2, -0.15) is 0 Å². The molecule has 0 bridgehead atoms. The predicted molar refractivity (Wildman–Crippen MR) is 82.7 cm³/mol. The molecule has 0 amide bonds. The van der Waals surface area contributed by atoms with Crippen molar-refractivity contribution in [3.63, 3.8) is 0 Å². The van der Waals surface area contributed by atoms with E-state index < -0.39 is 0 Å². The highest BCUT2D eigenvalue weighted by molar-refractivity contribution is 14.1. The van der Waals surface area contributed by atoms with E-state index >= 15 is 0 Å². The van der Waals surface area contributed by atoms with Crippen LogP contribution in [0.1, 0.15) is 24.6 Å². The van der Waals surface area contributed by atoms with Crippen LogP contribution in [0.3, 0.4) is 0 Å². The molecule has 0 unspecified atom stereocenters. The van der Waals surface area contributed by atoms with Crippen molar-refractivity contribution in [1.82, 2.24) is 9.55 Å². The van der Waals surface area contributed by atoms with Gasteiger partial charge in [0.25, 0.3) is 0 Å². The second kappa shape index (κ2) is 4.74. The third kappa shape index (κ3) is 2.49. The van der Waals surface area contributed by atoms with Crippen LogP contribution in [0.4, 0.5) is 11.6 Å². The van der Waals surface area contributed by atoms with E-state index in [1.807, 2.05) is 25.1 Å². The molecular formula is C13H13ClIN3. The van der Waals surface area contributed by atoms with Gasteiger partial charge in [0.1, 0.15) is 0 Å². The van der Waals surface area contributed by atoms with Crippen LogP contribution in [0.25, 0.3) is 0 Å². The highest BCUT2D eigenvalue weighted by atomic mass is 127. The topological polar surface area (TPSA) is 29.9 Å². The first-order chi connectivity index (χ1) is 8.63. The van der Waals surface area contributed by atoms with Crippen LogP contribution in [0.15, 0.2) is 24.4 Å². The number of aryl methyl sites for hydroxylation is 1. The molecule has 0 saturated heterocycles. The predicted octanol–water partition coefficient (Wildman–Crippen LogP) is 4.53. The van der Waals surface area contributed by atoms with Gasteiger partial charge in [0.2, 0.25) is 5.95 Å². The molecule has 5 heteroatoms. The van der Waals surface area contributed by atoms with Gasteiger partial charge in [0, 0.05) is 20.8 Å². The van der Waals surface area contributed by atoms with Crippen molar-refractivity contribution >= 4 is 45.8 Å². The first kappa shape index (κ1) is 12.3. The van der Waals surface area contributed by atoms with E-state index in [4.69, 9.17) is 11.6 Å². The van der Waals surface area contributed by atoms with Gasteiger partial charge >= 0.3 is 0 Å². The molecule has 1 N–H and O–H groups in total. The molecule has 94 valence electrons. The zero-order chi connectivity index (χ0) is 12.7. The molecule has 0 radical (unpaired) electrons. The summed E-state index contributed by atoms with van der Waals surface area (Å²) in [7, 11) is 0. The van der Waals surface area contributed by atoms with Gasteiger partial charge < -0.3 is 9.88 Å². The lowest BCUT2D eigenvalue weighted by atomic mass is 10.3. The number of imidazole rings is 1. The molecular weight excluding hydrogens is 361 g/mol. The highest BCUT2D eigenvalue weighted by Crippen LogP contribution is 2.38. The minimum atomic E-state index is 0.624. The van der Waals surface area contributed by atoms with Crippen LogP contribution in [-0.2, 0) is 0 Å².